The van der Waals surface area contributed by atoms with Crippen LogP contribution in [-0.4, -0.2) is 142 Å². The van der Waals surface area contributed by atoms with Gasteiger partial charge < -0.3 is 71.1 Å². The van der Waals surface area contributed by atoms with Crippen molar-refractivity contribution < 1.29 is 85.4 Å². The van der Waals surface area contributed by atoms with Crippen molar-refractivity contribution in [2.24, 2.45) is 0 Å². The number of imide groups is 1. The third-order valence-corrected chi connectivity index (χ3v) is 18.7. The maximum absolute atomic E-state index is 15.2. The van der Waals surface area contributed by atoms with Gasteiger partial charge in [0, 0.05) is 14.0 Å². The van der Waals surface area contributed by atoms with Crippen molar-refractivity contribution in [1.29, 1.82) is 0 Å². The molecule has 9 aromatic carbocycles. The lowest BCUT2D eigenvalue weighted by atomic mass is 9.94. The molecule has 0 radical (unpaired) electrons. The van der Waals surface area contributed by atoms with Gasteiger partial charge in [-0.05, 0) is 56.6 Å². The Morgan fingerprint density at radius 2 is 0.577 bits per heavy atom. The molecular formula is C85H87NO18. The van der Waals surface area contributed by atoms with Crippen LogP contribution >= 0.6 is 0 Å². The summed E-state index contributed by atoms with van der Waals surface area (Å²) in [5, 5.41) is 0. The second-order valence-corrected chi connectivity index (χ2v) is 26.0. The van der Waals surface area contributed by atoms with Gasteiger partial charge in [0.25, 0.3) is 11.8 Å². The number of carbonyl (C=O) groups is 3. The summed E-state index contributed by atoms with van der Waals surface area (Å²) in [6.45, 7) is 1.67. The second kappa shape index (κ2) is 37.1. The van der Waals surface area contributed by atoms with Crippen molar-refractivity contribution in [2.75, 3.05) is 26.9 Å². The second-order valence-electron chi connectivity index (χ2n) is 26.0. The molecule has 3 saturated heterocycles. The van der Waals surface area contributed by atoms with Crippen molar-refractivity contribution in [3.05, 3.63) is 323 Å². The lowest BCUT2D eigenvalue weighted by molar-refractivity contribution is -0.350. The molecule has 13 rings (SSSR count). The molecule has 104 heavy (non-hydrogen) atoms. The van der Waals surface area contributed by atoms with Crippen LogP contribution in [0.2, 0.25) is 0 Å². The van der Waals surface area contributed by atoms with E-state index in [0.717, 1.165) is 49.4 Å². The van der Waals surface area contributed by atoms with Gasteiger partial charge in [-0.15, -0.1) is 0 Å². The van der Waals surface area contributed by atoms with Gasteiger partial charge in [-0.1, -0.05) is 255 Å². The number of ether oxygens (including phenoxy) is 15. The Bertz CT molecular complexity index is 4030. The fourth-order valence-electron chi connectivity index (χ4n) is 13.5. The smallest absolute Gasteiger partial charge is 0.303 e. The van der Waals surface area contributed by atoms with Gasteiger partial charge in [0.1, 0.15) is 67.1 Å². The molecule has 9 aromatic rings. The van der Waals surface area contributed by atoms with Crippen LogP contribution in [0.15, 0.2) is 267 Å². The minimum Gasteiger partial charge on any atom is -0.457 e. The molecule has 4 aliphatic heterocycles. The van der Waals surface area contributed by atoms with Gasteiger partial charge >= 0.3 is 5.97 Å². The first-order valence-corrected chi connectivity index (χ1v) is 35.3. The largest absolute Gasteiger partial charge is 0.457 e. The quantitative estimate of drug-likeness (QED) is 0.0273. The van der Waals surface area contributed by atoms with E-state index in [-0.39, 0.29) is 83.8 Å². The first-order valence-electron chi connectivity index (χ1n) is 35.3. The average Bonchev–Trinajstić information content (AvgIpc) is 1.41. The van der Waals surface area contributed by atoms with E-state index in [2.05, 4.69) is 0 Å². The zero-order chi connectivity index (χ0) is 71.2. The molecule has 2 amide bonds. The van der Waals surface area contributed by atoms with Crippen LogP contribution in [0.1, 0.15) is 72.1 Å². The number of hydrogen-bond acceptors (Lipinski definition) is 18. The Hall–Kier alpha value is -8.97. The third-order valence-electron chi connectivity index (χ3n) is 18.7. The number of carbonyl (C=O) groups excluding carboxylic acids is 3. The van der Waals surface area contributed by atoms with E-state index in [1.54, 1.807) is 24.3 Å². The van der Waals surface area contributed by atoms with Crippen LogP contribution in [0, 0.1) is 0 Å². The van der Waals surface area contributed by atoms with Gasteiger partial charge in [0.15, 0.2) is 25.0 Å². The molecule has 0 saturated carbocycles. The van der Waals surface area contributed by atoms with E-state index in [9.17, 15) is 4.79 Å². The van der Waals surface area contributed by atoms with Gasteiger partial charge in [-0.2, -0.15) is 0 Å². The zero-order valence-electron chi connectivity index (χ0n) is 58.1. The van der Waals surface area contributed by atoms with E-state index in [4.69, 9.17) is 71.1 Å². The first kappa shape index (κ1) is 73.3. The Kier molecular flexibility index (Phi) is 26.2. The highest BCUT2D eigenvalue weighted by Gasteiger charge is 2.58. The van der Waals surface area contributed by atoms with Crippen LogP contribution in [0.25, 0.3) is 0 Å². The maximum atomic E-state index is 15.2. The molecular weight excluding hydrogens is 1320 g/mol. The maximum Gasteiger partial charge on any atom is 0.303 e. The Labute approximate surface area is 606 Å². The highest BCUT2D eigenvalue weighted by molar-refractivity contribution is 6.21. The molecule has 15 atom stereocenters. The molecule has 0 unspecified atom stereocenters. The predicted octanol–water partition coefficient (Wildman–Crippen LogP) is 12.8. The molecule has 0 bridgehead atoms. The third kappa shape index (κ3) is 19.1. The standard InChI is InChI=1S/C85H87NO18/c1-58(87)101-76-72(86-81(88)67-45-27-28-46-68(67)82(86)89)83(99-56-71-75(94-50-62-35-17-6-18-36-62)77(95-51-63-37-19-7-20-38-63)79(84(90-2)103-71)97-53-65-41-23-9-24-42-65)102-70(73(76)92-48-60-31-13-4-14-32-60)57-100-85-80(98-54-66-43-25-10-26-44-66)78(96-52-64-39-21-8-22-40-64)74(93-49-61-33-15-5-16-34-61)69(104-85)55-91-47-59-29-11-3-12-30-59/h3-46,69-80,83-85H,47-57H2,1-2H3/t69-,70-,71-,72-,73-,74-,75-,76-,77+,78+,79-,80-,83-,84+,85-/m1/s1. The van der Waals surface area contributed by atoms with E-state index < -0.39 is 110 Å². The van der Waals surface area contributed by atoms with Gasteiger partial charge in [0.2, 0.25) is 0 Å². The number of nitrogens with zero attached hydrogens (tertiary/aromatic N) is 1. The summed E-state index contributed by atoms with van der Waals surface area (Å²) in [5.41, 5.74) is 7.32. The Balaban J connectivity index is 0.886. The highest BCUT2D eigenvalue weighted by Crippen LogP contribution is 2.40. The number of benzene rings is 9. The molecule has 0 spiro atoms. The molecule has 540 valence electrons. The van der Waals surface area contributed by atoms with Crippen molar-refractivity contribution in [1.82, 2.24) is 4.90 Å². The summed E-state index contributed by atoms with van der Waals surface area (Å²) in [6.07, 6.45) is -15.4. The number of rotatable bonds is 34. The minimum atomic E-state index is -1.63. The van der Waals surface area contributed by atoms with Crippen LogP contribution in [-0.2, 0) is 129 Å². The molecule has 3 fully saturated rings. The van der Waals surface area contributed by atoms with E-state index in [1.165, 1.54) is 14.0 Å². The van der Waals surface area contributed by atoms with Gasteiger partial charge in [-0.25, -0.2) is 0 Å². The fraction of sp³-hybridized carbons (Fsp3) is 0.329. The van der Waals surface area contributed by atoms with Crippen molar-refractivity contribution in [3.8, 4) is 0 Å². The SMILES string of the molecule is CO[C@H]1O[C@H](CO[C@@H]2O[C@H](CO[C@@H]3O[C@H](COCc4ccccc4)[C@@H](OCc4ccccc4)[C@H](OCc4ccccc4)[C@H]3OCc3ccccc3)[C@@H](OCc3ccccc3)[C@H](OC(C)=O)[C@H]2N2C(=O)c3ccccc3C2=O)[C@@H](OCc2ccccc2)[C@H](OCc2ccccc2)[C@H]1OCc1ccccc1. The summed E-state index contributed by atoms with van der Waals surface area (Å²) in [7, 11) is 1.52. The molecule has 4 aliphatic rings. The molecule has 0 N–H and O–H groups in total. The molecule has 0 aromatic heterocycles. The van der Waals surface area contributed by atoms with Crippen molar-refractivity contribution in [3.63, 3.8) is 0 Å². The Morgan fingerprint density at radius 1 is 0.308 bits per heavy atom. The van der Waals surface area contributed by atoms with Crippen LogP contribution in [0.3, 0.4) is 0 Å². The molecule has 19 nitrogen and oxygen atoms in total. The summed E-state index contributed by atoms with van der Waals surface area (Å²) < 4.78 is 104. The molecule has 0 aliphatic carbocycles. The molecule has 4 heterocycles. The lowest BCUT2D eigenvalue weighted by Crippen LogP contribution is -2.68. The molecule has 19 heteroatoms. The monoisotopic (exact) mass is 1410 g/mol. The van der Waals surface area contributed by atoms with Crippen LogP contribution < -0.4 is 0 Å². The lowest BCUT2D eigenvalue weighted by Gasteiger charge is -2.49. The number of hydrogen-bond donors (Lipinski definition) is 0. The van der Waals surface area contributed by atoms with Crippen LogP contribution in [0.4, 0.5) is 0 Å². The summed E-state index contributed by atoms with van der Waals surface area (Å²) in [6, 6.07) is 82.9. The minimum absolute atomic E-state index is 0.0290. The fourth-order valence-corrected chi connectivity index (χ4v) is 13.5. The number of methoxy groups -OCH3 is 1. The van der Waals surface area contributed by atoms with E-state index in [0.29, 0.717) is 0 Å². The van der Waals surface area contributed by atoms with Gasteiger partial charge in [0.05, 0.1) is 83.8 Å². The predicted molar refractivity (Wildman–Crippen MR) is 382 cm³/mol. The zero-order valence-corrected chi connectivity index (χ0v) is 58.1. The summed E-state index contributed by atoms with van der Waals surface area (Å²) in [5.74, 6) is -2.10. The topological polar surface area (TPSA) is 193 Å². The van der Waals surface area contributed by atoms with Crippen molar-refractivity contribution in [2.45, 2.75) is 152 Å². The summed E-state index contributed by atoms with van der Waals surface area (Å²) in [4.78, 5) is 45.6. The Morgan fingerprint density at radius 3 is 0.923 bits per heavy atom. The highest BCUT2D eigenvalue weighted by atomic mass is 16.8. The first-order chi connectivity index (χ1) is 51.2. The van der Waals surface area contributed by atoms with E-state index >= 15 is 9.59 Å². The van der Waals surface area contributed by atoms with E-state index in [1.807, 2.05) is 243 Å². The van der Waals surface area contributed by atoms with Crippen LogP contribution in [0.5, 0.6) is 0 Å². The number of esters is 1. The summed E-state index contributed by atoms with van der Waals surface area (Å²) >= 11 is 0. The van der Waals surface area contributed by atoms with Crippen molar-refractivity contribution >= 4 is 17.8 Å². The van der Waals surface area contributed by atoms with Gasteiger partial charge in [-0.3, -0.25) is 19.3 Å². The average molecular weight is 1410 g/mol. The normalized spacial score (nSPS) is 25.3. The number of amides is 2. The number of fused-ring (bicyclic) bond motifs is 1.